The van der Waals surface area contributed by atoms with Crippen molar-refractivity contribution in [1.29, 1.82) is 0 Å². The number of amides is 2. The van der Waals surface area contributed by atoms with Crippen molar-refractivity contribution >= 4 is 17.8 Å². The van der Waals surface area contributed by atoms with Crippen LogP contribution in [0.4, 0.5) is 10.6 Å². The van der Waals surface area contributed by atoms with Crippen molar-refractivity contribution in [2.75, 3.05) is 32.1 Å². The van der Waals surface area contributed by atoms with Crippen LogP contribution in [0.5, 0.6) is 0 Å². The number of hydrogen-bond donors (Lipinski definition) is 2. The maximum absolute atomic E-state index is 12.5. The number of carboxylic acid groups (broad SMARTS) is 1. The van der Waals surface area contributed by atoms with Gasteiger partial charge < -0.3 is 20.2 Å². The van der Waals surface area contributed by atoms with Crippen LogP contribution in [0.1, 0.15) is 24.8 Å². The van der Waals surface area contributed by atoms with Gasteiger partial charge in [0.05, 0.1) is 5.41 Å². The molecule has 1 saturated carbocycles. The third-order valence-electron chi connectivity index (χ3n) is 5.31. The first kappa shape index (κ1) is 16.5. The SMILES string of the molecule is CN(C)c1ncccc1CNC(=O)N1C[C@@H]2CCC[C@@]2(C(=O)O)C1. The van der Waals surface area contributed by atoms with Crippen molar-refractivity contribution in [1.82, 2.24) is 15.2 Å². The molecule has 2 N–H and O–H groups in total. The molecule has 0 unspecified atom stereocenters. The maximum Gasteiger partial charge on any atom is 0.317 e. The first-order valence-corrected chi connectivity index (χ1v) is 8.31. The van der Waals surface area contributed by atoms with Gasteiger partial charge in [-0.2, -0.15) is 0 Å². The predicted molar refractivity (Wildman–Crippen MR) is 89.8 cm³/mol. The van der Waals surface area contributed by atoms with Crippen LogP contribution in [0.3, 0.4) is 0 Å². The molecule has 1 aliphatic carbocycles. The molecule has 0 radical (unpaired) electrons. The number of nitrogens with zero attached hydrogens (tertiary/aromatic N) is 3. The van der Waals surface area contributed by atoms with Gasteiger partial charge in [0, 0.05) is 45.5 Å². The van der Waals surface area contributed by atoms with Crippen LogP contribution in [0.25, 0.3) is 0 Å². The molecule has 1 aromatic rings. The first-order valence-electron chi connectivity index (χ1n) is 8.31. The molecule has 24 heavy (non-hydrogen) atoms. The fourth-order valence-electron chi connectivity index (χ4n) is 4.05. The van der Waals surface area contributed by atoms with Crippen LogP contribution < -0.4 is 10.2 Å². The maximum atomic E-state index is 12.5. The third-order valence-corrected chi connectivity index (χ3v) is 5.31. The molecule has 2 aliphatic rings. The van der Waals surface area contributed by atoms with Gasteiger partial charge in [-0.3, -0.25) is 4.79 Å². The highest BCUT2D eigenvalue weighted by Crippen LogP contribution is 2.48. The zero-order valence-corrected chi connectivity index (χ0v) is 14.2. The number of carboxylic acids is 1. The van der Waals surface area contributed by atoms with Crippen molar-refractivity contribution in [3.8, 4) is 0 Å². The summed E-state index contributed by atoms with van der Waals surface area (Å²) in [5.74, 6) is 0.136. The molecule has 0 bridgehead atoms. The number of pyridine rings is 1. The Labute approximate surface area is 141 Å². The van der Waals surface area contributed by atoms with Gasteiger partial charge in [-0.25, -0.2) is 9.78 Å². The van der Waals surface area contributed by atoms with E-state index in [9.17, 15) is 14.7 Å². The Morgan fingerprint density at radius 3 is 2.96 bits per heavy atom. The third kappa shape index (κ3) is 2.79. The number of rotatable bonds is 4. The van der Waals surface area contributed by atoms with Gasteiger partial charge in [0.2, 0.25) is 0 Å². The number of aliphatic carboxylic acids is 1. The second-order valence-corrected chi connectivity index (χ2v) is 6.97. The van der Waals surface area contributed by atoms with Crippen LogP contribution in [0, 0.1) is 11.3 Å². The molecule has 130 valence electrons. The average molecular weight is 332 g/mol. The van der Waals surface area contributed by atoms with Gasteiger partial charge in [-0.1, -0.05) is 12.5 Å². The monoisotopic (exact) mass is 332 g/mol. The van der Waals surface area contributed by atoms with E-state index < -0.39 is 11.4 Å². The topological polar surface area (TPSA) is 85.8 Å². The van der Waals surface area contributed by atoms with Crippen LogP contribution in [0.15, 0.2) is 18.3 Å². The van der Waals surface area contributed by atoms with Gasteiger partial charge >= 0.3 is 12.0 Å². The van der Waals surface area contributed by atoms with E-state index in [1.807, 2.05) is 31.1 Å². The molecule has 2 atom stereocenters. The molecule has 3 rings (SSSR count). The highest BCUT2D eigenvalue weighted by atomic mass is 16.4. The van der Waals surface area contributed by atoms with E-state index in [0.29, 0.717) is 26.1 Å². The van der Waals surface area contributed by atoms with Crippen molar-refractivity contribution in [3.05, 3.63) is 23.9 Å². The number of anilines is 1. The van der Waals surface area contributed by atoms with Crippen molar-refractivity contribution in [3.63, 3.8) is 0 Å². The Morgan fingerprint density at radius 2 is 2.29 bits per heavy atom. The molecule has 2 fully saturated rings. The molecule has 1 aliphatic heterocycles. The Hall–Kier alpha value is -2.31. The summed E-state index contributed by atoms with van der Waals surface area (Å²) >= 11 is 0. The molecular weight excluding hydrogens is 308 g/mol. The number of urea groups is 1. The minimum absolute atomic E-state index is 0.0801. The highest BCUT2D eigenvalue weighted by Gasteiger charge is 2.55. The normalized spacial score (nSPS) is 25.4. The van der Waals surface area contributed by atoms with E-state index in [1.54, 1.807) is 11.1 Å². The summed E-state index contributed by atoms with van der Waals surface area (Å²) in [5.41, 5.74) is 0.198. The van der Waals surface area contributed by atoms with Crippen molar-refractivity contribution in [2.45, 2.75) is 25.8 Å². The number of carbonyl (C=O) groups excluding carboxylic acids is 1. The van der Waals surface area contributed by atoms with Gasteiger partial charge in [-0.05, 0) is 24.8 Å². The summed E-state index contributed by atoms with van der Waals surface area (Å²) in [6.45, 7) is 1.22. The zero-order chi connectivity index (χ0) is 17.3. The molecule has 1 aromatic heterocycles. The first-order chi connectivity index (χ1) is 11.4. The van der Waals surface area contributed by atoms with Crippen LogP contribution >= 0.6 is 0 Å². The standard InChI is InChI=1S/C17H24N4O3/c1-20(2)14-12(5-4-8-18-14)9-19-16(24)21-10-13-6-3-7-17(13,11-21)15(22)23/h4-5,8,13H,3,6-7,9-11H2,1-2H3,(H,19,24)(H,22,23)/t13-,17+/m0/s1. The molecule has 2 amide bonds. The summed E-state index contributed by atoms with van der Waals surface area (Å²) in [7, 11) is 3.82. The number of hydrogen-bond acceptors (Lipinski definition) is 4. The summed E-state index contributed by atoms with van der Waals surface area (Å²) in [6.07, 6.45) is 4.22. The highest BCUT2D eigenvalue weighted by molar-refractivity contribution is 5.80. The summed E-state index contributed by atoms with van der Waals surface area (Å²) in [6, 6.07) is 3.58. The minimum Gasteiger partial charge on any atom is -0.481 e. The van der Waals surface area contributed by atoms with Crippen molar-refractivity contribution in [2.24, 2.45) is 11.3 Å². The summed E-state index contributed by atoms with van der Waals surface area (Å²) in [4.78, 5) is 32.1. The smallest absolute Gasteiger partial charge is 0.317 e. The zero-order valence-electron chi connectivity index (χ0n) is 14.2. The Bertz CT molecular complexity index is 648. The summed E-state index contributed by atoms with van der Waals surface area (Å²) in [5, 5.41) is 12.5. The summed E-state index contributed by atoms with van der Waals surface area (Å²) < 4.78 is 0. The molecule has 7 nitrogen and oxygen atoms in total. The average Bonchev–Trinajstić information content (AvgIpc) is 3.11. The second-order valence-electron chi connectivity index (χ2n) is 6.97. The molecule has 7 heteroatoms. The van der Waals surface area contributed by atoms with E-state index in [0.717, 1.165) is 24.2 Å². The molecule has 1 saturated heterocycles. The lowest BCUT2D eigenvalue weighted by Gasteiger charge is -2.23. The fraction of sp³-hybridized carbons (Fsp3) is 0.588. The Morgan fingerprint density at radius 1 is 1.50 bits per heavy atom. The fourth-order valence-corrected chi connectivity index (χ4v) is 4.05. The Kier molecular flexibility index (Phi) is 4.34. The number of carbonyl (C=O) groups is 2. The molecule has 0 spiro atoms. The van der Waals surface area contributed by atoms with Crippen molar-refractivity contribution < 1.29 is 14.7 Å². The number of aromatic nitrogens is 1. The largest absolute Gasteiger partial charge is 0.481 e. The van der Waals surface area contributed by atoms with E-state index in [1.165, 1.54) is 0 Å². The molecule has 2 heterocycles. The van der Waals surface area contributed by atoms with Gasteiger partial charge in [0.15, 0.2) is 0 Å². The van der Waals surface area contributed by atoms with E-state index in [4.69, 9.17) is 0 Å². The van der Waals surface area contributed by atoms with E-state index >= 15 is 0 Å². The van der Waals surface area contributed by atoms with Gasteiger partial charge in [0.1, 0.15) is 5.82 Å². The number of nitrogens with one attached hydrogen (secondary N) is 1. The lowest BCUT2D eigenvalue weighted by atomic mass is 9.81. The quantitative estimate of drug-likeness (QED) is 0.873. The minimum atomic E-state index is -0.762. The van der Waals surface area contributed by atoms with E-state index in [2.05, 4.69) is 10.3 Å². The van der Waals surface area contributed by atoms with Crippen LogP contribution in [-0.2, 0) is 11.3 Å². The van der Waals surface area contributed by atoms with E-state index in [-0.39, 0.29) is 11.9 Å². The number of likely N-dealkylation sites (tertiary alicyclic amines) is 1. The lowest BCUT2D eigenvalue weighted by molar-refractivity contribution is -0.149. The Balaban J connectivity index is 1.64. The second kappa shape index (κ2) is 6.30. The van der Waals surface area contributed by atoms with Crippen LogP contribution in [0.2, 0.25) is 0 Å². The molecule has 0 aromatic carbocycles. The van der Waals surface area contributed by atoms with Gasteiger partial charge in [0.25, 0.3) is 0 Å². The van der Waals surface area contributed by atoms with Crippen LogP contribution in [-0.4, -0.2) is 54.2 Å². The lowest BCUT2D eigenvalue weighted by Crippen LogP contribution is -2.41. The number of fused-ring (bicyclic) bond motifs is 1. The predicted octanol–water partition coefficient (Wildman–Crippen LogP) is 1.54. The molecular formula is C17H24N4O3. The van der Waals surface area contributed by atoms with Gasteiger partial charge in [-0.15, -0.1) is 0 Å².